The van der Waals surface area contributed by atoms with Crippen molar-refractivity contribution < 1.29 is 9.59 Å². The Labute approximate surface area is 178 Å². The lowest BCUT2D eigenvalue weighted by Gasteiger charge is -2.41. The zero-order valence-corrected chi connectivity index (χ0v) is 18.3. The highest BCUT2D eigenvalue weighted by atomic mass is 35.5. The van der Waals surface area contributed by atoms with Crippen molar-refractivity contribution in [3.8, 4) is 0 Å². The molecule has 29 heavy (non-hydrogen) atoms. The molecule has 3 aliphatic rings. The van der Waals surface area contributed by atoms with E-state index in [2.05, 4.69) is 24.1 Å². The molecule has 6 heteroatoms. The summed E-state index contributed by atoms with van der Waals surface area (Å²) in [6.45, 7) is 8.06. The van der Waals surface area contributed by atoms with Crippen molar-refractivity contribution in [1.82, 2.24) is 15.1 Å². The summed E-state index contributed by atoms with van der Waals surface area (Å²) in [5.41, 5.74) is 0.0571. The van der Waals surface area contributed by atoms with Gasteiger partial charge in [-0.05, 0) is 68.2 Å². The van der Waals surface area contributed by atoms with Gasteiger partial charge in [0.2, 0.25) is 0 Å². The third-order valence-electron chi connectivity index (χ3n) is 6.67. The van der Waals surface area contributed by atoms with E-state index in [4.69, 9.17) is 11.6 Å². The summed E-state index contributed by atoms with van der Waals surface area (Å²) >= 11 is 6.45. The van der Waals surface area contributed by atoms with E-state index in [0.717, 1.165) is 50.9 Å². The van der Waals surface area contributed by atoms with Crippen LogP contribution in [0, 0.1) is 17.8 Å². The number of likely N-dealkylation sites (tertiary alicyclic amines) is 1. The van der Waals surface area contributed by atoms with Gasteiger partial charge in [0.05, 0.1) is 0 Å². The van der Waals surface area contributed by atoms with Crippen LogP contribution in [0.1, 0.15) is 45.1 Å². The van der Waals surface area contributed by atoms with Gasteiger partial charge in [-0.25, -0.2) is 4.79 Å². The fourth-order valence-corrected chi connectivity index (χ4v) is 5.18. The number of piperidine rings is 1. The Morgan fingerprint density at radius 2 is 1.83 bits per heavy atom. The molecule has 0 aromatic heterocycles. The van der Waals surface area contributed by atoms with Crippen molar-refractivity contribution in [3.63, 3.8) is 0 Å². The molecule has 2 saturated heterocycles. The number of hydrogen-bond donors (Lipinski definition) is 1. The normalized spacial score (nSPS) is 26.4. The van der Waals surface area contributed by atoms with Gasteiger partial charge in [-0.15, -0.1) is 0 Å². The molecule has 3 amide bonds. The lowest BCUT2D eigenvalue weighted by atomic mass is 9.73. The van der Waals surface area contributed by atoms with Gasteiger partial charge in [-0.2, -0.15) is 0 Å². The molecule has 1 aromatic rings. The maximum atomic E-state index is 13.7. The second-order valence-corrected chi connectivity index (χ2v) is 9.90. The minimum atomic E-state index is -0.874. The fourth-order valence-electron chi connectivity index (χ4n) is 4.98. The molecule has 0 spiro atoms. The summed E-state index contributed by atoms with van der Waals surface area (Å²) in [6.07, 6.45) is 4.53. The average Bonchev–Trinajstić information content (AvgIpc) is 3.47. The maximum absolute atomic E-state index is 13.7. The number of nitrogens with one attached hydrogen (secondary N) is 1. The van der Waals surface area contributed by atoms with Gasteiger partial charge in [-0.1, -0.05) is 43.6 Å². The number of nitrogens with zero attached hydrogens (tertiary/aromatic N) is 2. The summed E-state index contributed by atoms with van der Waals surface area (Å²) in [5, 5.41) is 3.82. The number of halogens is 1. The van der Waals surface area contributed by atoms with Crippen LogP contribution in [0.4, 0.5) is 4.79 Å². The Kier molecular flexibility index (Phi) is 5.90. The lowest BCUT2D eigenvalue weighted by Crippen LogP contribution is -2.57. The summed E-state index contributed by atoms with van der Waals surface area (Å²) in [7, 11) is 0. The highest BCUT2D eigenvalue weighted by molar-refractivity contribution is 6.31. The predicted molar refractivity (Wildman–Crippen MR) is 115 cm³/mol. The number of benzene rings is 1. The topological polar surface area (TPSA) is 52.7 Å². The van der Waals surface area contributed by atoms with Gasteiger partial charge in [0, 0.05) is 24.5 Å². The molecule has 1 aliphatic carbocycles. The molecule has 0 bridgehead atoms. The van der Waals surface area contributed by atoms with E-state index >= 15 is 0 Å². The van der Waals surface area contributed by atoms with Gasteiger partial charge in [-0.3, -0.25) is 9.69 Å². The molecule has 1 N–H and O–H groups in total. The van der Waals surface area contributed by atoms with E-state index < -0.39 is 5.54 Å². The molecule has 1 atom stereocenters. The molecule has 4 rings (SSSR count). The van der Waals surface area contributed by atoms with E-state index in [0.29, 0.717) is 29.8 Å². The monoisotopic (exact) mass is 417 g/mol. The van der Waals surface area contributed by atoms with Crippen molar-refractivity contribution in [2.75, 3.05) is 26.2 Å². The summed E-state index contributed by atoms with van der Waals surface area (Å²) in [6, 6.07) is 7.46. The molecule has 0 radical (unpaired) electrons. The van der Waals surface area contributed by atoms with Crippen molar-refractivity contribution in [2.45, 2.75) is 51.5 Å². The van der Waals surface area contributed by atoms with Crippen LogP contribution in [0.25, 0.3) is 0 Å². The minimum absolute atomic E-state index is 0.0448. The second-order valence-electron chi connectivity index (χ2n) is 9.50. The van der Waals surface area contributed by atoms with Crippen LogP contribution < -0.4 is 5.32 Å². The largest absolute Gasteiger partial charge is 0.325 e. The van der Waals surface area contributed by atoms with Crippen LogP contribution in [0.15, 0.2) is 24.3 Å². The van der Waals surface area contributed by atoms with E-state index in [1.54, 1.807) is 0 Å². The number of amides is 3. The van der Waals surface area contributed by atoms with E-state index in [1.807, 2.05) is 24.3 Å². The first-order valence-corrected chi connectivity index (χ1v) is 11.4. The standard InChI is InChI=1S/C23H32ClN3O2/c1-16(2)14-26-11-9-19(10-12-26)23(13-18-5-3-4-6-20(18)24)21(28)27(22(29)25-23)15-17-7-8-17/h3-6,16-17,19H,7-15H2,1-2H3,(H,25,29)/t23-/m0/s1. The summed E-state index contributed by atoms with van der Waals surface area (Å²) < 4.78 is 0. The predicted octanol–water partition coefficient (Wildman–Crippen LogP) is 3.95. The van der Waals surface area contributed by atoms with Gasteiger partial charge >= 0.3 is 6.03 Å². The van der Waals surface area contributed by atoms with Crippen LogP contribution in [-0.2, 0) is 11.2 Å². The molecule has 2 heterocycles. The third-order valence-corrected chi connectivity index (χ3v) is 7.04. The SMILES string of the molecule is CC(C)CN1CCC([C@]2(Cc3ccccc3Cl)NC(=O)N(CC3CC3)C2=O)CC1. The maximum Gasteiger partial charge on any atom is 0.325 e. The molecule has 0 unspecified atom stereocenters. The van der Waals surface area contributed by atoms with E-state index in [9.17, 15) is 9.59 Å². The number of imide groups is 1. The molecule has 3 fully saturated rings. The Balaban J connectivity index is 1.59. The second kappa shape index (κ2) is 8.27. The summed E-state index contributed by atoms with van der Waals surface area (Å²) in [4.78, 5) is 30.5. The Morgan fingerprint density at radius 3 is 2.45 bits per heavy atom. The molecule has 158 valence electrons. The first-order chi connectivity index (χ1) is 13.9. The Morgan fingerprint density at radius 1 is 1.14 bits per heavy atom. The average molecular weight is 418 g/mol. The lowest BCUT2D eigenvalue weighted by molar-refractivity contribution is -0.134. The number of urea groups is 1. The fraction of sp³-hybridized carbons (Fsp3) is 0.652. The van der Waals surface area contributed by atoms with Crippen LogP contribution in [0.2, 0.25) is 5.02 Å². The third kappa shape index (κ3) is 4.31. The van der Waals surface area contributed by atoms with Gasteiger partial charge in [0.15, 0.2) is 0 Å². The first kappa shape index (κ1) is 20.7. The molecule has 1 saturated carbocycles. The number of carbonyl (C=O) groups is 2. The van der Waals surface area contributed by atoms with Crippen molar-refractivity contribution >= 4 is 23.5 Å². The van der Waals surface area contributed by atoms with E-state index in [1.165, 1.54) is 4.90 Å². The van der Waals surface area contributed by atoms with Gasteiger partial charge < -0.3 is 10.2 Å². The molecule has 1 aromatic carbocycles. The van der Waals surface area contributed by atoms with Gasteiger partial charge in [0.1, 0.15) is 5.54 Å². The summed E-state index contributed by atoms with van der Waals surface area (Å²) in [5.74, 6) is 1.19. The quantitative estimate of drug-likeness (QED) is 0.683. The van der Waals surface area contributed by atoms with Crippen molar-refractivity contribution in [2.24, 2.45) is 17.8 Å². The molecular weight excluding hydrogens is 386 g/mol. The smallest absolute Gasteiger partial charge is 0.322 e. The van der Waals surface area contributed by atoms with Crippen LogP contribution in [0.3, 0.4) is 0 Å². The number of hydrogen-bond acceptors (Lipinski definition) is 3. The van der Waals surface area contributed by atoms with Gasteiger partial charge in [0.25, 0.3) is 5.91 Å². The zero-order chi connectivity index (χ0) is 20.6. The molecule has 2 aliphatic heterocycles. The highest BCUT2D eigenvalue weighted by Gasteiger charge is 2.56. The molecule has 5 nitrogen and oxygen atoms in total. The van der Waals surface area contributed by atoms with E-state index in [-0.39, 0.29) is 17.9 Å². The van der Waals surface area contributed by atoms with Crippen LogP contribution >= 0.6 is 11.6 Å². The van der Waals surface area contributed by atoms with Crippen molar-refractivity contribution in [3.05, 3.63) is 34.9 Å². The Bertz CT molecular complexity index is 771. The molecular formula is C23H32ClN3O2. The van der Waals surface area contributed by atoms with Crippen LogP contribution in [-0.4, -0.2) is 53.5 Å². The van der Waals surface area contributed by atoms with Crippen LogP contribution in [0.5, 0.6) is 0 Å². The zero-order valence-electron chi connectivity index (χ0n) is 17.5. The number of carbonyl (C=O) groups excluding carboxylic acids is 2. The first-order valence-electron chi connectivity index (χ1n) is 11.0. The number of rotatable bonds is 7. The highest BCUT2D eigenvalue weighted by Crippen LogP contribution is 2.39. The van der Waals surface area contributed by atoms with Crippen molar-refractivity contribution in [1.29, 1.82) is 0 Å². The Hall–Kier alpha value is -1.59. The minimum Gasteiger partial charge on any atom is -0.322 e.